The van der Waals surface area contributed by atoms with Crippen LogP contribution in [0.3, 0.4) is 0 Å². The molecule has 1 amide bonds. The summed E-state index contributed by atoms with van der Waals surface area (Å²) in [7, 11) is 0. The maximum atomic E-state index is 12.5. The molecule has 0 bridgehead atoms. The lowest BCUT2D eigenvalue weighted by Crippen LogP contribution is -2.40. The lowest BCUT2D eigenvalue weighted by molar-refractivity contribution is -0.125. The average Bonchev–Trinajstić information content (AvgIpc) is 3.19. The van der Waals surface area contributed by atoms with E-state index in [9.17, 15) is 4.79 Å². The van der Waals surface area contributed by atoms with Crippen LogP contribution in [0.4, 0.5) is 5.82 Å². The van der Waals surface area contributed by atoms with Crippen LogP contribution in [0.2, 0.25) is 0 Å². The van der Waals surface area contributed by atoms with E-state index in [4.69, 9.17) is 4.98 Å². The maximum Gasteiger partial charge on any atom is 0.223 e. The lowest BCUT2D eigenvalue weighted by Gasteiger charge is -2.32. The molecule has 1 saturated heterocycles. The van der Waals surface area contributed by atoms with Crippen LogP contribution in [0.15, 0.2) is 49.3 Å². The summed E-state index contributed by atoms with van der Waals surface area (Å²) in [4.78, 5) is 32.0. The Bertz CT molecular complexity index is 932. The molecule has 0 radical (unpaired) electrons. The van der Waals surface area contributed by atoms with Gasteiger partial charge in [0, 0.05) is 50.3 Å². The van der Waals surface area contributed by atoms with E-state index in [0.29, 0.717) is 6.54 Å². The van der Waals surface area contributed by atoms with Crippen molar-refractivity contribution < 1.29 is 4.79 Å². The average molecular weight is 377 g/mol. The van der Waals surface area contributed by atoms with Gasteiger partial charge in [0.15, 0.2) is 5.82 Å². The van der Waals surface area contributed by atoms with Crippen molar-refractivity contribution in [1.29, 1.82) is 0 Å². The van der Waals surface area contributed by atoms with Gasteiger partial charge in [-0.25, -0.2) is 9.97 Å². The first-order valence-corrected chi connectivity index (χ1v) is 9.44. The Labute approximate surface area is 163 Å². The molecular weight excluding hydrogens is 354 g/mol. The van der Waals surface area contributed by atoms with Crippen molar-refractivity contribution in [2.24, 2.45) is 5.92 Å². The molecule has 1 N–H and O–H groups in total. The topological polar surface area (TPSA) is 88.8 Å². The zero-order valence-corrected chi connectivity index (χ0v) is 15.8. The van der Waals surface area contributed by atoms with E-state index in [1.165, 1.54) is 0 Å². The Morgan fingerprint density at radius 2 is 1.96 bits per heavy atom. The van der Waals surface area contributed by atoms with Crippen molar-refractivity contribution in [1.82, 2.24) is 29.8 Å². The fourth-order valence-electron chi connectivity index (χ4n) is 3.44. The Hall–Kier alpha value is -3.29. The largest absolute Gasteiger partial charge is 0.355 e. The standard InChI is InChI=1S/C20H23N7O/c1-15-23-7-10-27(15)19-14-22-13-18(25-19)26-8-4-17(5-9-26)20(28)24-12-16-3-2-6-21-11-16/h2-3,6-7,10-11,13-14,17H,4-5,8-9,12H2,1H3,(H,24,28). The first kappa shape index (κ1) is 18.1. The van der Waals surface area contributed by atoms with E-state index in [2.05, 4.69) is 25.2 Å². The molecule has 144 valence electrons. The highest BCUT2D eigenvalue weighted by Crippen LogP contribution is 2.22. The van der Waals surface area contributed by atoms with E-state index < -0.39 is 0 Å². The molecule has 1 fully saturated rings. The molecule has 1 aliphatic heterocycles. The van der Waals surface area contributed by atoms with Gasteiger partial charge in [-0.05, 0) is 31.4 Å². The Morgan fingerprint density at radius 1 is 1.14 bits per heavy atom. The van der Waals surface area contributed by atoms with Gasteiger partial charge < -0.3 is 10.2 Å². The van der Waals surface area contributed by atoms with Gasteiger partial charge in [-0.3, -0.25) is 19.3 Å². The predicted molar refractivity (Wildman–Crippen MR) is 105 cm³/mol. The quantitative estimate of drug-likeness (QED) is 0.731. The van der Waals surface area contributed by atoms with E-state index in [0.717, 1.165) is 49.0 Å². The van der Waals surface area contributed by atoms with Crippen LogP contribution in [0.25, 0.3) is 5.82 Å². The number of piperidine rings is 1. The van der Waals surface area contributed by atoms with Crippen molar-refractivity contribution in [3.8, 4) is 5.82 Å². The Kier molecular flexibility index (Phi) is 5.27. The number of carbonyl (C=O) groups is 1. The van der Waals surface area contributed by atoms with Gasteiger partial charge in [-0.2, -0.15) is 0 Å². The first-order chi connectivity index (χ1) is 13.7. The van der Waals surface area contributed by atoms with Gasteiger partial charge >= 0.3 is 0 Å². The number of nitrogens with one attached hydrogen (secondary N) is 1. The number of aromatic nitrogens is 5. The smallest absolute Gasteiger partial charge is 0.223 e. The summed E-state index contributed by atoms with van der Waals surface area (Å²) >= 11 is 0. The summed E-state index contributed by atoms with van der Waals surface area (Å²) in [6.45, 7) is 4.02. The van der Waals surface area contributed by atoms with Gasteiger partial charge in [0.2, 0.25) is 5.91 Å². The number of anilines is 1. The number of rotatable bonds is 5. The number of pyridine rings is 1. The van der Waals surface area contributed by atoms with Gasteiger partial charge in [0.1, 0.15) is 11.6 Å². The minimum absolute atomic E-state index is 0.0277. The second-order valence-electron chi connectivity index (χ2n) is 6.92. The van der Waals surface area contributed by atoms with E-state index in [1.54, 1.807) is 31.0 Å². The number of imidazole rings is 1. The molecule has 3 aromatic rings. The van der Waals surface area contributed by atoms with Crippen LogP contribution >= 0.6 is 0 Å². The molecule has 4 heterocycles. The van der Waals surface area contributed by atoms with Crippen molar-refractivity contribution >= 4 is 11.7 Å². The highest BCUT2D eigenvalue weighted by atomic mass is 16.1. The number of nitrogens with zero attached hydrogens (tertiary/aromatic N) is 6. The van der Waals surface area contributed by atoms with Crippen LogP contribution in [0.1, 0.15) is 24.2 Å². The molecule has 0 saturated carbocycles. The number of carbonyl (C=O) groups excluding carboxylic acids is 1. The molecule has 8 nitrogen and oxygen atoms in total. The molecule has 28 heavy (non-hydrogen) atoms. The SMILES string of the molecule is Cc1nccn1-c1cncc(N2CCC(C(=O)NCc3cccnc3)CC2)n1. The summed E-state index contributed by atoms with van der Waals surface area (Å²) in [6.07, 6.45) is 12.2. The normalized spacial score (nSPS) is 14.8. The lowest BCUT2D eigenvalue weighted by atomic mass is 9.96. The fourth-order valence-corrected chi connectivity index (χ4v) is 3.44. The second kappa shape index (κ2) is 8.16. The monoisotopic (exact) mass is 377 g/mol. The zero-order chi connectivity index (χ0) is 19.3. The summed E-state index contributed by atoms with van der Waals surface area (Å²) in [5.74, 6) is 2.59. The number of aryl methyl sites for hydroxylation is 1. The molecule has 1 aliphatic rings. The van der Waals surface area contributed by atoms with Crippen LogP contribution in [-0.4, -0.2) is 43.5 Å². The molecular formula is C20H23N7O. The molecule has 8 heteroatoms. The van der Waals surface area contributed by atoms with E-state index in [-0.39, 0.29) is 11.8 Å². The zero-order valence-electron chi connectivity index (χ0n) is 15.8. The van der Waals surface area contributed by atoms with E-state index in [1.807, 2.05) is 29.8 Å². The predicted octanol–water partition coefficient (Wildman–Crippen LogP) is 1.90. The van der Waals surface area contributed by atoms with Crippen molar-refractivity contribution in [2.75, 3.05) is 18.0 Å². The number of hydrogen-bond donors (Lipinski definition) is 1. The summed E-state index contributed by atoms with van der Waals surface area (Å²) in [5.41, 5.74) is 1.01. The summed E-state index contributed by atoms with van der Waals surface area (Å²) < 4.78 is 1.91. The number of amides is 1. The highest BCUT2D eigenvalue weighted by Gasteiger charge is 2.25. The second-order valence-corrected chi connectivity index (χ2v) is 6.92. The molecule has 0 aromatic carbocycles. The molecule has 0 spiro atoms. The third-order valence-corrected chi connectivity index (χ3v) is 5.06. The van der Waals surface area contributed by atoms with Crippen LogP contribution < -0.4 is 10.2 Å². The van der Waals surface area contributed by atoms with Crippen LogP contribution in [0.5, 0.6) is 0 Å². The third kappa shape index (κ3) is 4.00. The Balaban J connectivity index is 1.34. The minimum atomic E-state index is 0.0277. The molecule has 3 aromatic heterocycles. The summed E-state index contributed by atoms with van der Waals surface area (Å²) in [5, 5.41) is 3.02. The van der Waals surface area contributed by atoms with Gasteiger partial charge in [-0.15, -0.1) is 0 Å². The minimum Gasteiger partial charge on any atom is -0.355 e. The van der Waals surface area contributed by atoms with Gasteiger partial charge in [0.25, 0.3) is 0 Å². The molecule has 0 atom stereocenters. The maximum absolute atomic E-state index is 12.5. The van der Waals surface area contributed by atoms with Gasteiger partial charge in [0.05, 0.1) is 12.4 Å². The molecule has 0 aliphatic carbocycles. The molecule has 0 unspecified atom stereocenters. The van der Waals surface area contributed by atoms with Crippen molar-refractivity contribution in [2.45, 2.75) is 26.3 Å². The number of hydrogen-bond acceptors (Lipinski definition) is 6. The summed E-state index contributed by atoms with van der Waals surface area (Å²) in [6, 6.07) is 3.84. The fraction of sp³-hybridized carbons (Fsp3) is 0.350. The van der Waals surface area contributed by atoms with Crippen LogP contribution in [-0.2, 0) is 11.3 Å². The highest BCUT2D eigenvalue weighted by molar-refractivity contribution is 5.78. The van der Waals surface area contributed by atoms with Crippen LogP contribution in [0, 0.1) is 12.8 Å². The Morgan fingerprint density at radius 3 is 2.68 bits per heavy atom. The van der Waals surface area contributed by atoms with Gasteiger partial charge in [-0.1, -0.05) is 6.07 Å². The van der Waals surface area contributed by atoms with Crippen molar-refractivity contribution in [3.63, 3.8) is 0 Å². The third-order valence-electron chi connectivity index (χ3n) is 5.06. The molecule has 4 rings (SSSR count). The van der Waals surface area contributed by atoms with E-state index >= 15 is 0 Å². The van der Waals surface area contributed by atoms with Crippen molar-refractivity contribution in [3.05, 3.63) is 60.7 Å². The first-order valence-electron chi connectivity index (χ1n) is 9.44.